The molecule has 8 nitrogen and oxygen atoms in total. The molecule has 4 aliphatic carbocycles. The zero-order valence-electron chi connectivity index (χ0n) is 22.4. The fraction of sp³-hybridized carbons (Fsp3) is 0.750. The highest BCUT2D eigenvalue weighted by Crippen LogP contribution is 2.57. The number of methoxy groups -OCH3 is 1. The van der Waals surface area contributed by atoms with Crippen molar-refractivity contribution in [2.75, 3.05) is 20.2 Å². The van der Waals surface area contributed by atoms with Gasteiger partial charge in [-0.2, -0.15) is 8.78 Å². The van der Waals surface area contributed by atoms with Gasteiger partial charge in [0.25, 0.3) is 5.91 Å². The molecule has 1 aromatic rings. The van der Waals surface area contributed by atoms with Crippen LogP contribution in [0.4, 0.5) is 8.78 Å². The maximum atomic E-state index is 13.6. The lowest BCUT2D eigenvalue weighted by molar-refractivity contribution is -0.260. The van der Waals surface area contributed by atoms with Gasteiger partial charge in [-0.15, -0.1) is 0 Å². The number of hydrogen-bond acceptors (Lipinski definition) is 7. The van der Waals surface area contributed by atoms with Gasteiger partial charge in [0.05, 0.1) is 30.9 Å². The van der Waals surface area contributed by atoms with Crippen LogP contribution in [0.2, 0.25) is 0 Å². The normalized spacial score (nSPS) is 34.0. The van der Waals surface area contributed by atoms with Crippen LogP contribution in [0.15, 0.2) is 12.1 Å². The smallest absolute Gasteiger partial charge is 0.345 e. The van der Waals surface area contributed by atoms with Gasteiger partial charge in [0, 0.05) is 18.0 Å². The standard InChI is InChI=1S/C28H39F2N3O5/c1-16(2)37-25-20(5-6-21(32-25)27(14-22(34)36-3)7-4-8-31-15-27)24(35)33-23-18-9-17-10-19(23)13-28(11-17,12-18)38-26(29)30/h5-6,16-19,23,26,31H,4,7-15H2,1-3H3,(H,33,35)/t17?,18?,19?,23-,27-,28+/m0/s1. The molecule has 6 rings (SSSR count). The summed E-state index contributed by atoms with van der Waals surface area (Å²) in [5, 5.41) is 6.60. The number of carbonyl (C=O) groups excluding carboxylic acids is 2. The molecule has 1 saturated heterocycles. The van der Waals surface area contributed by atoms with Crippen molar-refractivity contribution >= 4 is 11.9 Å². The number of pyridine rings is 1. The Morgan fingerprint density at radius 1 is 1.18 bits per heavy atom. The molecule has 0 radical (unpaired) electrons. The third kappa shape index (κ3) is 5.39. The molecule has 5 aliphatic rings. The highest BCUT2D eigenvalue weighted by molar-refractivity contribution is 5.96. The zero-order chi connectivity index (χ0) is 27.1. The molecule has 4 saturated carbocycles. The number of hydrogen-bond donors (Lipinski definition) is 2. The zero-order valence-corrected chi connectivity index (χ0v) is 22.4. The fourth-order valence-corrected chi connectivity index (χ4v) is 7.75. The molecular weight excluding hydrogens is 496 g/mol. The van der Waals surface area contributed by atoms with Gasteiger partial charge in [-0.05, 0) is 95.2 Å². The van der Waals surface area contributed by atoms with Crippen LogP contribution in [0.1, 0.15) is 81.3 Å². The Bertz CT molecular complexity index is 1030. The van der Waals surface area contributed by atoms with Gasteiger partial charge >= 0.3 is 12.6 Å². The number of nitrogens with one attached hydrogen (secondary N) is 2. The van der Waals surface area contributed by atoms with E-state index in [1.807, 2.05) is 19.9 Å². The summed E-state index contributed by atoms with van der Waals surface area (Å²) in [6, 6.07) is 3.47. The van der Waals surface area contributed by atoms with Crippen molar-refractivity contribution in [3.8, 4) is 5.88 Å². The Hall–Kier alpha value is -2.33. The van der Waals surface area contributed by atoms with E-state index in [9.17, 15) is 18.4 Å². The monoisotopic (exact) mass is 535 g/mol. The van der Waals surface area contributed by atoms with Gasteiger partial charge in [0.1, 0.15) is 5.56 Å². The molecule has 1 aliphatic heterocycles. The molecule has 38 heavy (non-hydrogen) atoms. The lowest BCUT2D eigenvalue weighted by Gasteiger charge is -2.59. The average Bonchev–Trinajstić information content (AvgIpc) is 2.85. The second-order valence-corrected chi connectivity index (χ2v) is 12.1. The summed E-state index contributed by atoms with van der Waals surface area (Å²) in [5.74, 6) is 0.259. The molecule has 2 unspecified atom stereocenters. The third-order valence-corrected chi connectivity index (χ3v) is 9.03. The van der Waals surface area contributed by atoms with Gasteiger partial charge in [0.2, 0.25) is 5.88 Å². The molecule has 1 aromatic heterocycles. The SMILES string of the molecule is COC(=O)C[C@@]1(c2ccc(C(=O)N[C@H]3C4CC5CC3C[C@@](OC(F)F)(C5)C4)c(OC(C)C)n2)CCCNC1. The topological polar surface area (TPSA) is 98.8 Å². The molecule has 210 valence electrons. The first-order valence-corrected chi connectivity index (χ1v) is 13.8. The van der Waals surface area contributed by atoms with Crippen molar-refractivity contribution in [3.63, 3.8) is 0 Å². The van der Waals surface area contributed by atoms with Crippen molar-refractivity contribution in [2.45, 2.75) is 95.0 Å². The Balaban J connectivity index is 1.38. The Labute approximate surface area is 222 Å². The van der Waals surface area contributed by atoms with Crippen molar-refractivity contribution in [3.05, 3.63) is 23.4 Å². The van der Waals surface area contributed by atoms with E-state index in [1.165, 1.54) is 7.11 Å². The molecule has 2 heterocycles. The van der Waals surface area contributed by atoms with Crippen LogP contribution >= 0.6 is 0 Å². The van der Waals surface area contributed by atoms with Gasteiger partial charge in [-0.3, -0.25) is 9.59 Å². The lowest BCUT2D eigenvalue weighted by Crippen LogP contribution is -2.62. The van der Waals surface area contributed by atoms with Crippen LogP contribution in [-0.2, 0) is 19.7 Å². The maximum Gasteiger partial charge on any atom is 0.345 e. The number of alkyl halides is 2. The van der Waals surface area contributed by atoms with Crippen molar-refractivity contribution in [2.24, 2.45) is 17.8 Å². The van der Waals surface area contributed by atoms with E-state index >= 15 is 0 Å². The largest absolute Gasteiger partial charge is 0.474 e. The molecule has 1 amide bonds. The third-order valence-electron chi connectivity index (χ3n) is 9.03. The van der Waals surface area contributed by atoms with Crippen LogP contribution in [-0.4, -0.2) is 61.4 Å². The van der Waals surface area contributed by atoms with E-state index in [4.69, 9.17) is 19.2 Å². The Morgan fingerprint density at radius 3 is 2.53 bits per heavy atom. The first-order valence-electron chi connectivity index (χ1n) is 13.8. The molecule has 5 fully saturated rings. The first kappa shape index (κ1) is 27.2. The summed E-state index contributed by atoms with van der Waals surface area (Å²) >= 11 is 0. The van der Waals surface area contributed by atoms with E-state index in [1.54, 1.807) is 6.07 Å². The minimum atomic E-state index is -2.78. The molecule has 4 bridgehead atoms. The van der Waals surface area contributed by atoms with Crippen LogP contribution in [0.25, 0.3) is 0 Å². The van der Waals surface area contributed by atoms with Crippen LogP contribution < -0.4 is 15.4 Å². The molecular formula is C28H39F2N3O5. The van der Waals surface area contributed by atoms with Crippen LogP contribution in [0.5, 0.6) is 5.88 Å². The number of rotatable bonds is 9. The minimum Gasteiger partial charge on any atom is -0.474 e. The van der Waals surface area contributed by atoms with Crippen molar-refractivity contribution in [1.82, 2.24) is 15.6 Å². The van der Waals surface area contributed by atoms with E-state index in [0.29, 0.717) is 43.0 Å². The van der Waals surface area contributed by atoms with E-state index in [2.05, 4.69) is 10.6 Å². The number of nitrogens with zero attached hydrogens (tertiary/aromatic N) is 1. The molecule has 0 spiro atoms. The van der Waals surface area contributed by atoms with Crippen LogP contribution in [0.3, 0.4) is 0 Å². The van der Waals surface area contributed by atoms with Gasteiger partial charge in [-0.1, -0.05) is 0 Å². The molecule has 3 atom stereocenters. The summed E-state index contributed by atoms with van der Waals surface area (Å²) in [6.45, 7) is 2.43. The summed E-state index contributed by atoms with van der Waals surface area (Å²) < 4.78 is 42.5. The summed E-state index contributed by atoms with van der Waals surface area (Å²) in [4.78, 5) is 30.7. The second kappa shape index (κ2) is 10.7. The second-order valence-electron chi connectivity index (χ2n) is 12.1. The maximum absolute atomic E-state index is 13.6. The Kier molecular flexibility index (Phi) is 7.66. The van der Waals surface area contributed by atoms with E-state index in [0.717, 1.165) is 32.2 Å². The number of amides is 1. The number of halogens is 2. The van der Waals surface area contributed by atoms with Gasteiger partial charge in [-0.25, -0.2) is 4.98 Å². The number of esters is 1. The molecule has 10 heteroatoms. The molecule has 2 N–H and O–H groups in total. The van der Waals surface area contributed by atoms with Gasteiger partial charge < -0.3 is 24.8 Å². The molecule has 0 aromatic carbocycles. The predicted octanol–water partition coefficient (Wildman–Crippen LogP) is 3.97. The quantitative estimate of drug-likeness (QED) is 0.462. The average molecular weight is 536 g/mol. The van der Waals surface area contributed by atoms with Crippen molar-refractivity contribution < 1.29 is 32.6 Å². The van der Waals surface area contributed by atoms with Crippen molar-refractivity contribution in [1.29, 1.82) is 0 Å². The summed E-state index contributed by atoms with van der Waals surface area (Å²) in [7, 11) is 1.38. The van der Waals surface area contributed by atoms with Crippen LogP contribution in [0, 0.1) is 17.8 Å². The summed E-state index contributed by atoms with van der Waals surface area (Å²) in [6.07, 6.45) is 5.26. The van der Waals surface area contributed by atoms with E-state index in [-0.39, 0.29) is 48.2 Å². The number of piperidine rings is 1. The number of carbonyl (C=O) groups is 2. The predicted molar refractivity (Wildman–Crippen MR) is 135 cm³/mol. The fourth-order valence-electron chi connectivity index (χ4n) is 7.75. The van der Waals surface area contributed by atoms with E-state index < -0.39 is 17.6 Å². The first-order chi connectivity index (χ1) is 18.1. The minimum absolute atomic E-state index is 0.0896. The van der Waals surface area contributed by atoms with Gasteiger partial charge in [0.15, 0.2) is 0 Å². The number of ether oxygens (including phenoxy) is 3. The Morgan fingerprint density at radius 2 is 1.92 bits per heavy atom. The highest BCUT2D eigenvalue weighted by atomic mass is 19.3. The summed E-state index contributed by atoms with van der Waals surface area (Å²) in [5.41, 5.74) is -0.270. The lowest BCUT2D eigenvalue weighted by atomic mass is 9.52. The highest BCUT2D eigenvalue weighted by Gasteiger charge is 2.57. The number of aromatic nitrogens is 1.